The number of ketones is 1. The number of tetrazole rings is 1. The Morgan fingerprint density at radius 2 is 2.04 bits per heavy atom. The number of hydrogen-bond donors (Lipinski definition) is 0. The lowest BCUT2D eigenvalue weighted by molar-refractivity contribution is 0.102. The Morgan fingerprint density at radius 3 is 2.68 bits per heavy atom. The molecule has 0 amide bonds. The van der Waals surface area contributed by atoms with Gasteiger partial charge in [0.15, 0.2) is 5.78 Å². The number of benzene rings is 1. The number of rotatable bonds is 7. The van der Waals surface area contributed by atoms with Gasteiger partial charge in [-0.1, -0.05) is 23.9 Å². The third-order valence-electron chi connectivity index (χ3n) is 3.66. The molecule has 0 bridgehead atoms. The van der Waals surface area contributed by atoms with Crippen molar-refractivity contribution in [2.45, 2.75) is 25.5 Å². The second-order valence-corrected chi connectivity index (χ2v) is 7.91. The fraction of sp³-hybridized carbons (Fsp3) is 0.294. The smallest absolute Gasteiger partial charge is 0.210 e. The lowest BCUT2D eigenvalue weighted by atomic mass is 10.2. The molecule has 6 nitrogen and oxygen atoms in total. The molecule has 0 N–H and O–H groups in total. The van der Waals surface area contributed by atoms with Crippen LogP contribution in [0.2, 0.25) is 0 Å². The molecular formula is C17H18N4O2S2. The number of thiophene rings is 1. The summed E-state index contributed by atoms with van der Waals surface area (Å²) in [6, 6.07) is 9.69. The molecular weight excluding hydrogens is 356 g/mol. The lowest BCUT2D eigenvalue weighted by Crippen LogP contribution is -2.07. The van der Waals surface area contributed by atoms with Crippen LogP contribution in [0.1, 0.15) is 25.7 Å². The van der Waals surface area contributed by atoms with Crippen molar-refractivity contribution < 1.29 is 9.53 Å². The average molecular weight is 374 g/mol. The molecule has 0 fully saturated rings. The molecule has 130 valence electrons. The van der Waals surface area contributed by atoms with Crippen molar-refractivity contribution >= 4 is 28.9 Å². The van der Waals surface area contributed by atoms with Gasteiger partial charge in [0.05, 0.1) is 19.4 Å². The first kappa shape index (κ1) is 17.6. The van der Waals surface area contributed by atoms with Crippen molar-refractivity contribution in [1.29, 1.82) is 0 Å². The quantitative estimate of drug-likeness (QED) is 0.466. The molecule has 25 heavy (non-hydrogen) atoms. The molecule has 3 rings (SSSR count). The fourth-order valence-corrected chi connectivity index (χ4v) is 4.12. The highest BCUT2D eigenvalue weighted by molar-refractivity contribution is 7.99. The summed E-state index contributed by atoms with van der Waals surface area (Å²) in [6.07, 6.45) is 0. The number of carbonyl (C=O) groups excluding carboxylic acids is 1. The van der Waals surface area contributed by atoms with Crippen LogP contribution in [0.4, 0.5) is 0 Å². The Bertz CT molecular complexity index is 871. The van der Waals surface area contributed by atoms with Gasteiger partial charge in [-0.3, -0.25) is 4.79 Å². The van der Waals surface area contributed by atoms with Crippen LogP contribution in [0.3, 0.4) is 0 Å². The first-order valence-electron chi connectivity index (χ1n) is 7.69. The number of aromatic nitrogens is 4. The van der Waals surface area contributed by atoms with Crippen LogP contribution in [0, 0.1) is 13.8 Å². The van der Waals surface area contributed by atoms with Crippen molar-refractivity contribution in [2.75, 3.05) is 12.9 Å². The number of ether oxygens (including phenoxy) is 1. The summed E-state index contributed by atoms with van der Waals surface area (Å²) < 4.78 is 6.86. The number of nitrogens with zero attached hydrogens (tertiary/aromatic N) is 4. The molecule has 0 atom stereocenters. The average Bonchev–Trinajstić information content (AvgIpc) is 3.19. The minimum atomic E-state index is 0.103. The van der Waals surface area contributed by atoms with Gasteiger partial charge >= 0.3 is 0 Å². The van der Waals surface area contributed by atoms with E-state index in [1.54, 1.807) is 23.1 Å². The third-order valence-corrected chi connectivity index (χ3v) is 5.59. The van der Waals surface area contributed by atoms with E-state index >= 15 is 0 Å². The van der Waals surface area contributed by atoms with Gasteiger partial charge in [0.2, 0.25) is 5.16 Å². The molecule has 0 unspecified atom stereocenters. The lowest BCUT2D eigenvalue weighted by Gasteiger charge is -2.05. The molecule has 0 aliphatic carbocycles. The summed E-state index contributed by atoms with van der Waals surface area (Å²) in [5.74, 6) is 1.23. The van der Waals surface area contributed by atoms with Crippen LogP contribution in [-0.4, -0.2) is 38.9 Å². The standard InChI is InChI=1S/C17H18N4O2S2/c1-11-8-15(12(2)25-11)16(22)10-24-17-18-19-20-21(17)9-13-4-6-14(23-3)7-5-13/h4-8H,9-10H2,1-3H3. The predicted octanol–water partition coefficient (Wildman–Crippen LogP) is 3.38. The largest absolute Gasteiger partial charge is 0.497 e. The second kappa shape index (κ2) is 7.79. The third kappa shape index (κ3) is 4.26. The second-order valence-electron chi connectivity index (χ2n) is 5.51. The highest BCUT2D eigenvalue weighted by Gasteiger charge is 2.15. The van der Waals surface area contributed by atoms with Gasteiger partial charge in [0.1, 0.15) is 5.75 Å². The molecule has 0 saturated carbocycles. The monoisotopic (exact) mass is 374 g/mol. The molecule has 0 radical (unpaired) electrons. The van der Waals surface area contributed by atoms with Crippen LogP contribution in [0.5, 0.6) is 5.75 Å². The Kier molecular flexibility index (Phi) is 5.50. The van der Waals surface area contributed by atoms with Crippen LogP contribution in [0.15, 0.2) is 35.5 Å². The van der Waals surface area contributed by atoms with Gasteiger partial charge in [-0.2, -0.15) is 0 Å². The molecule has 3 aromatic rings. The molecule has 2 aromatic heterocycles. The van der Waals surface area contributed by atoms with E-state index < -0.39 is 0 Å². The Morgan fingerprint density at radius 1 is 1.28 bits per heavy atom. The van der Waals surface area contributed by atoms with Gasteiger partial charge < -0.3 is 4.74 Å². The molecule has 0 aliphatic heterocycles. The van der Waals surface area contributed by atoms with Gasteiger partial charge in [-0.05, 0) is 48.0 Å². The molecule has 2 heterocycles. The van der Waals surface area contributed by atoms with E-state index in [2.05, 4.69) is 15.5 Å². The van der Waals surface area contributed by atoms with Crippen LogP contribution < -0.4 is 4.74 Å². The molecule has 1 aromatic carbocycles. The number of hydrogen-bond acceptors (Lipinski definition) is 7. The normalized spacial score (nSPS) is 10.8. The minimum Gasteiger partial charge on any atom is -0.497 e. The van der Waals surface area contributed by atoms with E-state index in [-0.39, 0.29) is 5.78 Å². The van der Waals surface area contributed by atoms with Gasteiger partial charge in [-0.25, -0.2) is 4.68 Å². The van der Waals surface area contributed by atoms with E-state index in [1.807, 2.05) is 44.2 Å². The molecule has 0 saturated heterocycles. The first-order chi connectivity index (χ1) is 12.1. The van der Waals surface area contributed by atoms with Crippen molar-refractivity contribution in [3.8, 4) is 5.75 Å². The molecule has 0 spiro atoms. The number of methoxy groups -OCH3 is 1. The van der Waals surface area contributed by atoms with Gasteiger partial charge in [-0.15, -0.1) is 16.4 Å². The Labute approximate surface area is 154 Å². The summed E-state index contributed by atoms with van der Waals surface area (Å²) in [7, 11) is 1.64. The number of aryl methyl sites for hydroxylation is 2. The SMILES string of the molecule is COc1ccc(Cn2nnnc2SCC(=O)c2cc(C)sc2C)cc1. The van der Waals surface area contributed by atoms with Crippen molar-refractivity contribution in [3.63, 3.8) is 0 Å². The van der Waals surface area contributed by atoms with E-state index in [0.29, 0.717) is 17.5 Å². The van der Waals surface area contributed by atoms with E-state index in [4.69, 9.17) is 4.74 Å². The zero-order valence-corrected chi connectivity index (χ0v) is 15.9. The summed E-state index contributed by atoms with van der Waals surface area (Å²) in [6.45, 7) is 4.53. The van der Waals surface area contributed by atoms with E-state index in [0.717, 1.165) is 26.6 Å². The number of thioether (sulfide) groups is 1. The van der Waals surface area contributed by atoms with Crippen molar-refractivity contribution in [2.24, 2.45) is 0 Å². The maximum absolute atomic E-state index is 12.4. The van der Waals surface area contributed by atoms with Gasteiger partial charge in [0, 0.05) is 15.3 Å². The summed E-state index contributed by atoms with van der Waals surface area (Å²) in [5, 5.41) is 12.4. The molecule has 8 heteroatoms. The highest BCUT2D eigenvalue weighted by Crippen LogP contribution is 2.24. The highest BCUT2D eigenvalue weighted by atomic mass is 32.2. The van der Waals surface area contributed by atoms with E-state index in [9.17, 15) is 4.79 Å². The Hall–Kier alpha value is -2.19. The summed E-state index contributed by atoms with van der Waals surface area (Å²) >= 11 is 3.00. The van der Waals surface area contributed by atoms with Crippen molar-refractivity contribution in [1.82, 2.24) is 20.2 Å². The maximum Gasteiger partial charge on any atom is 0.210 e. The van der Waals surface area contributed by atoms with Crippen LogP contribution in [0.25, 0.3) is 0 Å². The summed E-state index contributed by atoms with van der Waals surface area (Å²) in [5.41, 5.74) is 1.86. The maximum atomic E-state index is 12.4. The first-order valence-corrected chi connectivity index (χ1v) is 9.49. The topological polar surface area (TPSA) is 69.9 Å². The zero-order valence-electron chi connectivity index (χ0n) is 14.2. The van der Waals surface area contributed by atoms with Crippen LogP contribution in [-0.2, 0) is 6.54 Å². The zero-order chi connectivity index (χ0) is 17.8. The number of carbonyl (C=O) groups is 1. The summed E-state index contributed by atoms with van der Waals surface area (Å²) in [4.78, 5) is 14.6. The predicted molar refractivity (Wildman–Crippen MR) is 98.8 cm³/mol. The number of Topliss-reactive ketones (excluding diaryl/α,β-unsaturated/α-hetero) is 1. The fourth-order valence-electron chi connectivity index (χ4n) is 2.42. The van der Waals surface area contributed by atoms with Crippen LogP contribution >= 0.6 is 23.1 Å². The van der Waals surface area contributed by atoms with E-state index in [1.165, 1.54) is 11.8 Å². The van der Waals surface area contributed by atoms with Crippen molar-refractivity contribution in [3.05, 3.63) is 51.2 Å². The molecule has 0 aliphatic rings. The Balaban J connectivity index is 1.65. The minimum absolute atomic E-state index is 0.103. The van der Waals surface area contributed by atoms with Gasteiger partial charge in [0.25, 0.3) is 0 Å².